The molecule has 6 aromatic rings. The van der Waals surface area contributed by atoms with E-state index in [1.54, 1.807) is 0 Å². The van der Waals surface area contributed by atoms with Gasteiger partial charge in [-0.3, -0.25) is 0 Å². The third-order valence-electron chi connectivity index (χ3n) is 8.25. The molecule has 1 aliphatic carbocycles. The number of nitrogens with zero attached hydrogens (tertiary/aromatic N) is 2. The Morgan fingerprint density at radius 3 is 1.95 bits per heavy atom. The number of rotatable bonds is 4. The average molecular weight is 663 g/mol. The van der Waals surface area contributed by atoms with E-state index >= 15 is 0 Å². The number of halogens is 1. The first kappa shape index (κ1) is 25.9. The quantitative estimate of drug-likeness (QED) is 0.102. The van der Waals surface area contributed by atoms with Crippen molar-refractivity contribution in [2.75, 3.05) is 0 Å². The van der Waals surface area contributed by atoms with Crippen LogP contribution in [-0.2, 0) is 0 Å². The Balaban J connectivity index is 1.28. The topological polar surface area (TPSA) is 24.7 Å². The van der Waals surface area contributed by atoms with Crippen LogP contribution in [0.2, 0.25) is 0 Å². The monoisotopic (exact) mass is 662 g/mol. The van der Waals surface area contributed by atoms with Crippen molar-refractivity contribution in [2.45, 2.75) is 12.8 Å². The molecule has 2 aliphatic rings. The van der Waals surface area contributed by atoms with E-state index in [1.807, 2.05) is 18.2 Å². The Morgan fingerprint density at radius 1 is 0.581 bits per heavy atom. The molecule has 0 N–H and O–H groups in total. The number of fused-ring (bicyclic) bond motifs is 6. The van der Waals surface area contributed by atoms with Gasteiger partial charge in [-0.15, -0.1) is 0 Å². The maximum absolute atomic E-state index is 5.05. The summed E-state index contributed by atoms with van der Waals surface area (Å²) in [5, 5.41) is 7.76. The van der Waals surface area contributed by atoms with Crippen LogP contribution in [0, 0.1) is 11.8 Å². The second kappa shape index (κ2) is 10.8. The molecule has 0 unspecified atom stereocenters. The predicted molar refractivity (Wildman–Crippen MR) is 196 cm³/mol. The SMILES string of the molecule is C=I1=C(c2cccc(C3=C(c4ccc5c6ccccc6c6ccccc6c5c4)CCC#C3)c2)N=C(c2ccccc2)N=C1. The van der Waals surface area contributed by atoms with Crippen LogP contribution in [0.25, 0.3) is 43.5 Å². The highest BCUT2D eigenvalue weighted by atomic mass is 127. The fraction of sp³-hybridized carbons (Fsp3) is 0.0500. The Morgan fingerprint density at radius 2 is 1.21 bits per heavy atom. The van der Waals surface area contributed by atoms with Crippen molar-refractivity contribution in [2.24, 2.45) is 9.98 Å². The van der Waals surface area contributed by atoms with E-state index in [2.05, 4.69) is 129 Å². The first-order valence-corrected chi connectivity index (χ1v) is 18.3. The summed E-state index contributed by atoms with van der Waals surface area (Å²) < 4.78 is 7.62. The van der Waals surface area contributed by atoms with E-state index in [-0.39, 0.29) is 0 Å². The van der Waals surface area contributed by atoms with Gasteiger partial charge in [-0.25, -0.2) is 9.98 Å². The number of hydrogen-bond donors (Lipinski definition) is 0. The van der Waals surface area contributed by atoms with Crippen LogP contribution in [0.3, 0.4) is 0 Å². The first-order valence-electron chi connectivity index (χ1n) is 14.4. The average Bonchev–Trinajstić information content (AvgIpc) is 3.09. The first-order chi connectivity index (χ1) is 21.2. The summed E-state index contributed by atoms with van der Waals surface area (Å²) in [6.45, 7) is 0. The normalized spacial score (nSPS) is 15.2. The van der Waals surface area contributed by atoms with Crippen molar-refractivity contribution in [1.82, 2.24) is 0 Å². The Labute approximate surface area is 257 Å². The Hall–Kier alpha value is -4.79. The summed E-state index contributed by atoms with van der Waals surface area (Å²) in [5.41, 5.74) is 6.94. The lowest BCUT2D eigenvalue weighted by molar-refractivity contribution is 1.10. The minimum Gasteiger partial charge on any atom is -0.231 e. The number of aliphatic imine (C=N–C) groups is 2. The van der Waals surface area contributed by atoms with E-state index < -0.39 is 18.9 Å². The molecule has 204 valence electrons. The molecule has 6 aromatic carbocycles. The van der Waals surface area contributed by atoms with Crippen molar-refractivity contribution in [3.8, 4) is 11.8 Å². The standard InChI is InChI=1S/C40H27IN2/c1-41-26-42-40(27-12-3-2-4-13-27)43-39(41)30-15-11-14-28(24-30)31-16-5-6-17-32(31)29-22-23-37-35-20-8-7-18-33(35)34-19-9-10-21-36(34)38(37)25-29/h2-4,7-15,18-26H,1,6,17H2. The van der Waals surface area contributed by atoms with Gasteiger partial charge < -0.3 is 0 Å². The number of amidine groups is 1. The highest BCUT2D eigenvalue weighted by molar-refractivity contribution is 14.2. The van der Waals surface area contributed by atoms with E-state index in [9.17, 15) is 0 Å². The zero-order chi connectivity index (χ0) is 28.8. The van der Waals surface area contributed by atoms with Gasteiger partial charge in [0.05, 0.1) is 4.22 Å². The van der Waals surface area contributed by atoms with Gasteiger partial charge in [0.2, 0.25) is 0 Å². The van der Waals surface area contributed by atoms with Gasteiger partial charge in [0.25, 0.3) is 0 Å². The summed E-state index contributed by atoms with van der Waals surface area (Å²) in [5.74, 6) is 7.68. The molecular weight excluding hydrogens is 635 g/mol. The summed E-state index contributed by atoms with van der Waals surface area (Å²) in [6, 6.07) is 43.4. The van der Waals surface area contributed by atoms with Crippen LogP contribution in [0.1, 0.15) is 35.1 Å². The highest BCUT2D eigenvalue weighted by Crippen LogP contribution is 2.39. The van der Waals surface area contributed by atoms with Crippen molar-refractivity contribution in [1.29, 1.82) is 0 Å². The Bertz CT molecular complexity index is 2320. The molecule has 0 saturated carbocycles. The molecule has 1 heterocycles. The molecule has 0 atom stereocenters. The Kier molecular flexibility index (Phi) is 6.50. The van der Waals surface area contributed by atoms with E-state index in [1.165, 1.54) is 43.5 Å². The van der Waals surface area contributed by atoms with Crippen LogP contribution in [0.5, 0.6) is 0 Å². The second-order valence-corrected chi connectivity index (χ2v) is 14.6. The molecule has 0 radical (unpaired) electrons. The van der Waals surface area contributed by atoms with Crippen LogP contribution < -0.4 is 0 Å². The molecule has 0 aromatic heterocycles. The fourth-order valence-electron chi connectivity index (χ4n) is 6.23. The van der Waals surface area contributed by atoms with Gasteiger partial charge in [0.1, 0.15) is 3.63 Å². The lowest BCUT2D eigenvalue weighted by Crippen LogP contribution is -2.07. The van der Waals surface area contributed by atoms with Crippen LogP contribution in [0.15, 0.2) is 131 Å². The van der Waals surface area contributed by atoms with Gasteiger partial charge in [-0.2, -0.15) is 0 Å². The molecule has 0 fully saturated rings. The van der Waals surface area contributed by atoms with E-state index in [0.29, 0.717) is 0 Å². The van der Waals surface area contributed by atoms with Crippen molar-refractivity contribution in [3.05, 3.63) is 144 Å². The minimum atomic E-state index is -1.87. The largest absolute Gasteiger partial charge is 0.231 e. The lowest BCUT2D eigenvalue weighted by atomic mass is 9.86. The smallest absolute Gasteiger partial charge is 0.160 e. The molecule has 1 aliphatic heterocycles. The number of benzene rings is 6. The minimum absolute atomic E-state index is 0.756. The molecule has 3 heteroatoms. The maximum atomic E-state index is 5.05. The predicted octanol–water partition coefficient (Wildman–Crippen LogP) is 9.76. The second-order valence-electron chi connectivity index (χ2n) is 10.8. The number of allylic oxidation sites excluding steroid dienone is 2. The summed E-state index contributed by atoms with van der Waals surface area (Å²) in [4.78, 5) is 9.71. The molecular formula is C40H27IN2. The van der Waals surface area contributed by atoms with Gasteiger partial charge >= 0.3 is 0 Å². The fourth-order valence-corrected chi connectivity index (χ4v) is 8.77. The highest BCUT2D eigenvalue weighted by Gasteiger charge is 2.17. The third-order valence-corrected chi connectivity index (χ3v) is 11.4. The summed E-state index contributed by atoms with van der Waals surface area (Å²) in [7, 11) is 0. The molecule has 8 rings (SSSR count). The third kappa shape index (κ3) is 4.59. The molecule has 0 amide bonds. The molecule has 43 heavy (non-hydrogen) atoms. The van der Waals surface area contributed by atoms with Crippen molar-refractivity contribution < 1.29 is 0 Å². The van der Waals surface area contributed by atoms with Gasteiger partial charge in [0.15, 0.2) is 5.84 Å². The molecule has 0 saturated heterocycles. The summed E-state index contributed by atoms with van der Waals surface area (Å²) in [6.07, 6.45) is 1.79. The van der Waals surface area contributed by atoms with Crippen LogP contribution >= 0.6 is 18.9 Å². The van der Waals surface area contributed by atoms with Gasteiger partial charge in [-0.05, 0) is 67.6 Å². The van der Waals surface area contributed by atoms with Crippen LogP contribution in [0.4, 0.5) is 0 Å². The van der Waals surface area contributed by atoms with Crippen molar-refractivity contribution >= 4 is 80.5 Å². The van der Waals surface area contributed by atoms with E-state index in [4.69, 9.17) is 4.99 Å². The summed E-state index contributed by atoms with van der Waals surface area (Å²) >= 11 is -1.87. The van der Waals surface area contributed by atoms with Crippen LogP contribution in [-0.4, -0.2) is 18.2 Å². The molecule has 0 spiro atoms. The maximum Gasteiger partial charge on any atom is 0.160 e. The van der Waals surface area contributed by atoms with Crippen molar-refractivity contribution in [3.63, 3.8) is 0 Å². The van der Waals surface area contributed by atoms with E-state index in [0.717, 1.165) is 44.6 Å². The molecule has 2 nitrogen and oxygen atoms in total. The lowest BCUT2D eigenvalue weighted by Gasteiger charge is -2.17. The van der Waals surface area contributed by atoms with Gasteiger partial charge in [0, 0.05) is 23.1 Å². The zero-order valence-electron chi connectivity index (χ0n) is 23.5. The number of hydrogen-bond acceptors (Lipinski definition) is 2. The molecule has 0 bridgehead atoms. The zero-order valence-corrected chi connectivity index (χ0v) is 25.7. The van der Waals surface area contributed by atoms with Gasteiger partial charge in [-0.1, -0.05) is 144 Å².